The van der Waals surface area contributed by atoms with Crippen LogP contribution in [-0.4, -0.2) is 97.5 Å². The molecule has 7 N–H and O–H groups in total. The predicted octanol–water partition coefficient (Wildman–Crippen LogP) is 5.03. The number of aldehydes is 1. The third kappa shape index (κ3) is 4.67. The van der Waals surface area contributed by atoms with Crippen LogP contribution in [0.1, 0.15) is 110 Å². The second-order valence-electron chi connectivity index (χ2n) is 22.1. The van der Waals surface area contributed by atoms with Gasteiger partial charge in [-0.3, -0.25) is 9.59 Å². The highest BCUT2D eigenvalue weighted by molar-refractivity contribution is 5.89. The molecule has 1 aromatic heterocycles. The highest BCUT2D eigenvalue weighted by atomic mass is 16.7. The Kier molecular flexibility index (Phi) is 9.20. The number of ether oxygens (including phenoxy) is 2. The van der Waals surface area contributed by atoms with Crippen LogP contribution in [0.5, 0.6) is 0 Å². The number of carbonyl (C=O) groups excluding carboxylic acids is 2. The van der Waals surface area contributed by atoms with Crippen LogP contribution in [0.4, 0.5) is 0 Å². The predicted molar refractivity (Wildman–Crippen MR) is 224 cm³/mol. The van der Waals surface area contributed by atoms with Crippen molar-refractivity contribution >= 4 is 24.1 Å². The molecule has 336 valence electrons. The Hall–Kier alpha value is -3.62. The fourth-order valence-corrected chi connectivity index (χ4v) is 17.5. The third-order valence-electron chi connectivity index (χ3n) is 20.2. The summed E-state index contributed by atoms with van der Waals surface area (Å²) in [6.45, 7) is 11.1. The molecule has 9 aliphatic rings. The van der Waals surface area contributed by atoms with Crippen LogP contribution >= 0.6 is 0 Å². The molecule has 0 unspecified atom stereocenters. The maximum Gasteiger partial charge on any atom is 0.335 e. The second kappa shape index (κ2) is 13.5. The Balaban J connectivity index is 1.14. The highest BCUT2D eigenvalue weighted by Crippen LogP contribution is 2.87. The second-order valence-corrected chi connectivity index (χ2v) is 22.1. The number of aliphatic carboxylic acids is 2. The Labute approximate surface area is 362 Å². The normalized spacial score (nSPS) is 50.3. The number of carboxylic acid groups (broad SMARTS) is 2. The standard InChI is InChI=1S/C49H64N2O11/c1-6-26-23-50-24-27(26)8-16-45-17-12-32(61-39-35(55)33(53)34(54)36(62-39)38(57)58)42(2,3)30(45)10-15-44(5)46(45)18-9-29-37(56)51-40-43(4)13-7-14-49(40)31(11-19-46)48(29,44)21-20-47(49,41(59)60)28(22-43)25-52/h7,9,11,14,18,23-25,28-30,32-36,39-40,50,53-55H,6,8,10,12-13,15-17,19-22H2,1-5H3,(H,51,56)(H,57,58)(H,59,60)/t28-,29-,30+,32+,33+,34+,35-,36+,39-,40-,43+,44-,45+,46+,47+,48+,49-/m1/s1. The number of rotatable bonds is 9. The first kappa shape index (κ1) is 42.3. The fraction of sp³-hybridized carbons (Fsp3) is 0.714. The van der Waals surface area contributed by atoms with Crippen LogP contribution in [0.2, 0.25) is 0 Å². The van der Waals surface area contributed by atoms with Crippen molar-refractivity contribution in [2.45, 2.75) is 155 Å². The Morgan fingerprint density at radius 2 is 1.71 bits per heavy atom. The monoisotopic (exact) mass is 856 g/mol. The molecule has 0 aromatic carbocycles. The van der Waals surface area contributed by atoms with Gasteiger partial charge in [-0.2, -0.15) is 0 Å². The number of carbonyl (C=O) groups is 4. The van der Waals surface area contributed by atoms with Gasteiger partial charge in [0.2, 0.25) is 5.91 Å². The summed E-state index contributed by atoms with van der Waals surface area (Å²) in [6, 6.07) is -0.492. The summed E-state index contributed by atoms with van der Waals surface area (Å²) in [5.74, 6) is -3.70. The number of hydrogen-bond donors (Lipinski definition) is 7. The van der Waals surface area contributed by atoms with Gasteiger partial charge in [-0.15, -0.1) is 0 Å². The van der Waals surface area contributed by atoms with Gasteiger partial charge in [0.25, 0.3) is 0 Å². The van der Waals surface area contributed by atoms with Gasteiger partial charge >= 0.3 is 11.9 Å². The molecule has 7 aliphatic carbocycles. The molecule has 62 heavy (non-hydrogen) atoms. The number of aryl methyl sites for hydroxylation is 2. The first-order valence-corrected chi connectivity index (χ1v) is 23.1. The smallest absolute Gasteiger partial charge is 0.335 e. The minimum absolute atomic E-state index is 0.0316. The van der Waals surface area contributed by atoms with E-state index in [9.17, 15) is 39.9 Å². The van der Waals surface area contributed by atoms with Crippen molar-refractivity contribution < 1.29 is 54.2 Å². The third-order valence-corrected chi connectivity index (χ3v) is 20.2. The molecule has 13 heteroatoms. The molecule has 10 rings (SSSR count). The lowest BCUT2D eigenvalue weighted by molar-refractivity contribution is -0.329. The van der Waals surface area contributed by atoms with Gasteiger partial charge in [0.05, 0.1) is 17.4 Å². The van der Waals surface area contributed by atoms with Gasteiger partial charge in [-0.25, -0.2) is 4.79 Å². The van der Waals surface area contributed by atoms with Crippen LogP contribution < -0.4 is 5.32 Å². The van der Waals surface area contributed by atoms with E-state index >= 15 is 4.79 Å². The van der Waals surface area contributed by atoms with Crippen molar-refractivity contribution in [2.24, 2.45) is 61.1 Å². The van der Waals surface area contributed by atoms with Crippen molar-refractivity contribution in [3.8, 4) is 0 Å². The Morgan fingerprint density at radius 3 is 2.42 bits per heavy atom. The van der Waals surface area contributed by atoms with E-state index < -0.39 is 105 Å². The van der Waals surface area contributed by atoms with Gasteiger partial charge in [0.15, 0.2) is 12.4 Å². The molecule has 4 saturated carbocycles. The molecule has 13 nitrogen and oxygen atoms in total. The summed E-state index contributed by atoms with van der Waals surface area (Å²) < 4.78 is 12.3. The quantitative estimate of drug-likeness (QED) is 0.0993. The largest absolute Gasteiger partial charge is 0.481 e. The summed E-state index contributed by atoms with van der Waals surface area (Å²) in [6.07, 6.45) is 15.0. The number of fused-ring (bicyclic) bond motifs is 1. The Morgan fingerprint density at radius 1 is 0.952 bits per heavy atom. The van der Waals surface area contributed by atoms with E-state index in [1.165, 1.54) is 11.1 Å². The van der Waals surface area contributed by atoms with Gasteiger partial charge < -0.3 is 50.1 Å². The number of amides is 1. The van der Waals surface area contributed by atoms with E-state index in [1.807, 2.05) is 0 Å². The van der Waals surface area contributed by atoms with E-state index in [1.54, 1.807) is 0 Å². The van der Waals surface area contributed by atoms with Gasteiger partial charge in [0.1, 0.15) is 24.6 Å². The molecule has 1 aromatic rings. The summed E-state index contributed by atoms with van der Waals surface area (Å²) in [5.41, 5.74) is -2.12. The van der Waals surface area contributed by atoms with E-state index in [0.717, 1.165) is 44.0 Å². The molecule has 2 aliphatic heterocycles. The van der Waals surface area contributed by atoms with Crippen LogP contribution in [0.15, 0.2) is 48.3 Å². The molecule has 2 spiro atoms. The van der Waals surface area contributed by atoms with Crippen molar-refractivity contribution in [1.82, 2.24) is 10.3 Å². The van der Waals surface area contributed by atoms with Crippen molar-refractivity contribution in [3.05, 3.63) is 59.5 Å². The fourth-order valence-electron chi connectivity index (χ4n) is 17.5. The maximum absolute atomic E-state index is 15.2. The molecule has 17 atom stereocenters. The number of nitrogens with one attached hydrogen (secondary N) is 2. The molecule has 0 radical (unpaired) electrons. The SMILES string of the molecule is CCc1c[nH]cc1CC[C@]12CC[C@H](O[C@@H]3O[C@H](C(=O)O)[C@@H](O)[C@H](O)[C@H]3O)C(C)(C)[C@@H]1CC[C@]1(C)[C@@]23C=C[C@@H]2C(=O)N[C@@H]4[C@@]5(C)CC=C[C@@]46C(=CC3)[C@]21CC[C@@]6(C(=O)O)[C@@H](C=O)C5. The molecular weight excluding hydrogens is 793 g/mol. The topological polar surface area (TPSA) is 216 Å². The van der Waals surface area contributed by atoms with Crippen LogP contribution in [0, 0.1) is 61.1 Å². The number of allylic oxidation sites excluding steroid dienone is 3. The van der Waals surface area contributed by atoms with Gasteiger partial charge in [-0.05, 0) is 116 Å². The number of carboxylic acids is 2. The molecule has 4 bridgehead atoms. The van der Waals surface area contributed by atoms with Crippen molar-refractivity contribution in [3.63, 3.8) is 0 Å². The van der Waals surface area contributed by atoms with Gasteiger partial charge in [-0.1, -0.05) is 70.6 Å². The lowest BCUT2D eigenvalue weighted by Crippen LogP contribution is -2.77. The zero-order valence-corrected chi connectivity index (χ0v) is 36.6. The number of aromatic nitrogens is 1. The van der Waals surface area contributed by atoms with Crippen LogP contribution in [0.3, 0.4) is 0 Å². The summed E-state index contributed by atoms with van der Waals surface area (Å²) in [5, 5.41) is 57.2. The summed E-state index contributed by atoms with van der Waals surface area (Å²) >= 11 is 0. The number of H-pyrrole nitrogens is 1. The number of aromatic amines is 1. The highest BCUT2D eigenvalue weighted by Gasteiger charge is 2.84. The average Bonchev–Trinajstić information content (AvgIpc) is 3.65. The van der Waals surface area contributed by atoms with Crippen molar-refractivity contribution in [1.29, 1.82) is 0 Å². The molecule has 1 amide bonds. The van der Waals surface area contributed by atoms with Gasteiger partial charge in [0, 0.05) is 40.6 Å². The summed E-state index contributed by atoms with van der Waals surface area (Å²) in [4.78, 5) is 58.0. The summed E-state index contributed by atoms with van der Waals surface area (Å²) in [7, 11) is 0. The lowest BCUT2D eigenvalue weighted by Gasteiger charge is -2.80. The first-order chi connectivity index (χ1) is 29.3. The lowest BCUT2D eigenvalue weighted by atomic mass is 9.23. The number of hydrogen-bond acceptors (Lipinski definition) is 9. The minimum Gasteiger partial charge on any atom is -0.481 e. The average molecular weight is 857 g/mol. The van der Waals surface area contributed by atoms with Crippen LogP contribution in [0.25, 0.3) is 0 Å². The molecule has 6 fully saturated rings. The molecule has 2 saturated heterocycles. The van der Waals surface area contributed by atoms with E-state index in [-0.39, 0.29) is 23.7 Å². The minimum atomic E-state index is -1.83. The van der Waals surface area contributed by atoms with E-state index in [2.05, 4.69) is 87.7 Å². The molecular formula is C49H64N2O11. The first-order valence-electron chi connectivity index (χ1n) is 23.1. The van der Waals surface area contributed by atoms with Crippen LogP contribution in [-0.2, 0) is 41.5 Å². The Bertz CT molecular complexity index is 2200. The molecule has 3 heterocycles. The zero-order chi connectivity index (χ0) is 44.2. The number of aliphatic hydroxyl groups excluding tert-OH is 3. The van der Waals surface area contributed by atoms with Crippen molar-refractivity contribution in [2.75, 3.05) is 0 Å². The van der Waals surface area contributed by atoms with E-state index in [4.69, 9.17) is 9.47 Å². The van der Waals surface area contributed by atoms with E-state index in [0.29, 0.717) is 38.5 Å². The maximum atomic E-state index is 15.2. The number of aliphatic hydroxyl groups is 3. The zero-order valence-electron chi connectivity index (χ0n) is 36.6.